The van der Waals surface area contributed by atoms with Crippen molar-refractivity contribution in [2.24, 2.45) is 0 Å². The van der Waals surface area contributed by atoms with E-state index in [1.54, 1.807) is 0 Å². The molecular weight excluding hydrogens is 150 g/mol. The Morgan fingerprint density at radius 2 is 2.17 bits per heavy atom. The number of rotatable bonds is 1. The fourth-order valence-corrected chi connectivity index (χ4v) is 1.49. The van der Waals surface area contributed by atoms with Gasteiger partial charge in [0, 0.05) is 18.8 Å². The summed E-state index contributed by atoms with van der Waals surface area (Å²) in [7, 11) is 0. The topological polar surface area (TPSA) is 23.5 Å². The second-order valence-corrected chi connectivity index (χ2v) is 3.40. The van der Waals surface area contributed by atoms with Crippen LogP contribution < -0.4 is 4.90 Å². The first-order valence-corrected chi connectivity index (χ1v) is 4.25. The van der Waals surface area contributed by atoms with Gasteiger partial charge in [-0.1, -0.05) is 12.1 Å². The molecule has 0 aromatic heterocycles. The van der Waals surface area contributed by atoms with E-state index in [-0.39, 0.29) is 6.10 Å². The minimum atomic E-state index is -0.120. The molecule has 2 nitrogen and oxygen atoms in total. The van der Waals surface area contributed by atoms with Crippen molar-refractivity contribution in [1.82, 2.24) is 0 Å². The first-order valence-electron chi connectivity index (χ1n) is 4.25. The quantitative estimate of drug-likeness (QED) is 0.672. The van der Waals surface area contributed by atoms with Crippen molar-refractivity contribution in [3.05, 3.63) is 29.8 Å². The highest BCUT2D eigenvalue weighted by Crippen LogP contribution is 2.21. The van der Waals surface area contributed by atoms with Crippen LogP contribution in [0.3, 0.4) is 0 Å². The van der Waals surface area contributed by atoms with E-state index in [9.17, 15) is 0 Å². The molecule has 1 fully saturated rings. The third kappa shape index (κ3) is 1.30. The molecule has 0 amide bonds. The van der Waals surface area contributed by atoms with Crippen molar-refractivity contribution in [3.63, 3.8) is 0 Å². The van der Waals surface area contributed by atoms with Gasteiger partial charge in [0.25, 0.3) is 0 Å². The van der Waals surface area contributed by atoms with Gasteiger partial charge < -0.3 is 10.0 Å². The average Bonchev–Trinajstić information content (AvgIpc) is 1.99. The highest BCUT2D eigenvalue weighted by molar-refractivity contribution is 5.50. The van der Waals surface area contributed by atoms with Crippen LogP contribution in [0.2, 0.25) is 0 Å². The summed E-state index contributed by atoms with van der Waals surface area (Å²) in [6, 6.07) is 8.36. The molecule has 0 saturated carbocycles. The van der Waals surface area contributed by atoms with Gasteiger partial charge in [0.05, 0.1) is 6.10 Å². The number of nitrogens with zero attached hydrogens (tertiary/aromatic N) is 1. The van der Waals surface area contributed by atoms with E-state index in [0.717, 1.165) is 13.1 Å². The smallest absolute Gasteiger partial charge is 0.0889 e. The predicted molar refractivity (Wildman–Crippen MR) is 49.4 cm³/mol. The van der Waals surface area contributed by atoms with Gasteiger partial charge >= 0.3 is 0 Å². The molecule has 0 aliphatic carbocycles. The lowest BCUT2D eigenvalue weighted by molar-refractivity contribution is 0.142. The Kier molecular flexibility index (Phi) is 1.77. The van der Waals surface area contributed by atoms with E-state index >= 15 is 0 Å². The van der Waals surface area contributed by atoms with Gasteiger partial charge in [0.2, 0.25) is 0 Å². The number of anilines is 1. The molecule has 0 radical (unpaired) electrons. The highest BCUT2D eigenvalue weighted by atomic mass is 16.3. The molecule has 64 valence electrons. The summed E-state index contributed by atoms with van der Waals surface area (Å²) in [6.45, 7) is 3.65. The molecule has 1 aromatic rings. The molecule has 1 N–H and O–H groups in total. The van der Waals surface area contributed by atoms with Crippen LogP contribution in [0.1, 0.15) is 5.56 Å². The Morgan fingerprint density at radius 1 is 1.42 bits per heavy atom. The molecule has 1 aromatic carbocycles. The largest absolute Gasteiger partial charge is 0.389 e. The van der Waals surface area contributed by atoms with E-state index in [0.29, 0.717) is 0 Å². The summed E-state index contributed by atoms with van der Waals surface area (Å²) in [5.41, 5.74) is 2.49. The Balaban J connectivity index is 2.13. The second-order valence-electron chi connectivity index (χ2n) is 3.40. The van der Waals surface area contributed by atoms with Crippen molar-refractivity contribution in [3.8, 4) is 0 Å². The lowest BCUT2D eigenvalue weighted by Gasteiger charge is -2.38. The van der Waals surface area contributed by atoms with Crippen LogP contribution in [-0.4, -0.2) is 24.3 Å². The highest BCUT2D eigenvalue weighted by Gasteiger charge is 2.23. The third-order valence-electron chi connectivity index (χ3n) is 2.23. The summed E-state index contributed by atoms with van der Waals surface area (Å²) in [5, 5.41) is 9.11. The maximum Gasteiger partial charge on any atom is 0.0889 e. The first-order chi connectivity index (χ1) is 5.75. The van der Waals surface area contributed by atoms with Crippen LogP contribution in [0.25, 0.3) is 0 Å². The van der Waals surface area contributed by atoms with Crippen LogP contribution in [-0.2, 0) is 0 Å². The van der Waals surface area contributed by atoms with Gasteiger partial charge in [0.1, 0.15) is 0 Å². The molecule has 0 atom stereocenters. The molecule has 0 unspecified atom stereocenters. The number of aryl methyl sites for hydroxylation is 1. The molecule has 1 heterocycles. The molecule has 1 saturated heterocycles. The molecule has 0 bridgehead atoms. The minimum Gasteiger partial charge on any atom is -0.389 e. The van der Waals surface area contributed by atoms with E-state index < -0.39 is 0 Å². The zero-order valence-corrected chi connectivity index (χ0v) is 7.20. The lowest BCUT2D eigenvalue weighted by atomic mass is 10.1. The van der Waals surface area contributed by atoms with Gasteiger partial charge in [-0.05, 0) is 24.6 Å². The summed E-state index contributed by atoms with van der Waals surface area (Å²) >= 11 is 0. The summed E-state index contributed by atoms with van der Waals surface area (Å²) in [6.07, 6.45) is -0.120. The van der Waals surface area contributed by atoms with Crippen LogP contribution in [0.5, 0.6) is 0 Å². The Hall–Kier alpha value is -1.02. The van der Waals surface area contributed by atoms with E-state index in [4.69, 9.17) is 5.11 Å². The molecule has 12 heavy (non-hydrogen) atoms. The van der Waals surface area contributed by atoms with Crippen molar-refractivity contribution in [2.75, 3.05) is 18.0 Å². The van der Waals surface area contributed by atoms with Gasteiger partial charge in [-0.2, -0.15) is 0 Å². The number of hydrogen-bond donors (Lipinski definition) is 1. The van der Waals surface area contributed by atoms with E-state index in [1.807, 2.05) is 0 Å². The van der Waals surface area contributed by atoms with Gasteiger partial charge in [-0.15, -0.1) is 0 Å². The molecule has 2 heteroatoms. The number of hydrogen-bond acceptors (Lipinski definition) is 2. The zero-order chi connectivity index (χ0) is 8.55. The molecule has 0 spiro atoms. The fraction of sp³-hybridized carbons (Fsp3) is 0.400. The number of benzene rings is 1. The number of β-amino-alcohol motifs (C(OH)–C–C–N with tert-alkyl or cyclic N) is 1. The monoisotopic (exact) mass is 163 g/mol. The SMILES string of the molecule is Cc1cccc(N2CC(O)C2)c1. The lowest BCUT2D eigenvalue weighted by Crippen LogP contribution is -2.50. The van der Waals surface area contributed by atoms with Crippen LogP contribution in [0.15, 0.2) is 24.3 Å². The maximum atomic E-state index is 9.11. The standard InChI is InChI=1S/C10H13NO/c1-8-3-2-4-9(5-8)11-6-10(12)7-11/h2-5,10,12H,6-7H2,1H3. The van der Waals surface area contributed by atoms with Crippen LogP contribution in [0.4, 0.5) is 5.69 Å². The molecule has 1 aliphatic heterocycles. The summed E-state index contributed by atoms with van der Waals surface area (Å²) in [5.74, 6) is 0. The van der Waals surface area contributed by atoms with Crippen molar-refractivity contribution < 1.29 is 5.11 Å². The molecule has 2 rings (SSSR count). The Bertz CT molecular complexity index is 279. The second kappa shape index (κ2) is 2.79. The number of aliphatic hydroxyl groups excluding tert-OH is 1. The summed E-state index contributed by atoms with van der Waals surface area (Å²) in [4.78, 5) is 2.18. The average molecular weight is 163 g/mol. The van der Waals surface area contributed by atoms with Crippen LogP contribution >= 0.6 is 0 Å². The van der Waals surface area contributed by atoms with Crippen molar-refractivity contribution in [1.29, 1.82) is 0 Å². The van der Waals surface area contributed by atoms with Crippen molar-refractivity contribution >= 4 is 5.69 Å². The normalized spacial score (nSPS) is 17.7. The Morgan fingerprint density at radius 3 is 2.75 bits per heavy atom. The minimum absolute atomic E-state index is 0.120. The van der Waals surface area contributed by atoms with E-state index in [2.05, 4.69) is 36.1 Å². The molecular formula is C10H13NO. The fourth-order valence-electron chi connectivity index (χ4n) is 1.49. The maximum absolute atomic E-state index is 9.11. The summed E-state index contributed by atoms with van der Waals surface area (Å²) < 4.78 is 0. The zero-order valence-electron chi connectivity index (χ0n) is 7.20. The van der Waals surface area contributed by atoms with Gasteiger partial charge in [-0.3, -0.25) is 0 Å². The third-order valence-corrected chi connectivity index (χ3v) is 2.23. The van der Waals surface area contributed by atoms with Gasteiger partial charge in [0.15, 0.2) is 0 Å². The molecule has 1 aliphatic rings. The first kappa shape index (κ1) is 7.62. The van der Waals surface area contributed by atoms with Gasteiger partial charge in [-0.25, -0.2) is 0 Å². The predicted octanol–water partition coefficient (Wildman–Crippen LogP) is 1.18. The van der Waals surface area contributed by atoms with Crippen LogP contribution in [0, 0.1) is 6.92 Å². The number of aliphatic hydroxyl groups is 1. The Labute approximate surface area is 72.4 Å². The van der Waals surface area contributed by atoms with Crippen molar-refractivity contribution in [2.45, 2.75) is 13.0 Å². The van der Waals surface area contributed by atoms with E-state index in [1.165, 1.54) is 11.3 Å².